The van der Waals surface area contributed by atoms with Gasteiger partial charge in [0.1, 0.15) is 0 Å². The molecule has 0 atom stereocenters. The number of hydrogen-bond donors (Lipinski definition) is 2. The maximum Gasteiger partial charge on any atom is 0.243 e. The van der Waals surface area contributed by atoms with E-state index in [4.69, 9.17) is 5.11 Å². The molecule has 0 aromatic heterocycles. The van der Waals surface area contributed by atoms with Crippen LogP contribution in [0.4, 0.5) is 0 Å². The molecule has 2 N–H and O–H groups in total. The summed E-state index contributed by atoms with van der Waals surface area (Å²) in [4.78, 5) is 10.7. The molecule has 20 heavy (non-hydrogen) atoms. The van der Waals surface area contributed by atoms with Gasteiger partial charge in [-0.1, -0.05) is 6.58 Å². The van der Waals surface area contributed by atoms with Crippen molar-refractivity contribution in [2.24, 2.45) is 0 Å². The number of amides is 1. The molecule has 0 bridgehead atoms. The molecule has 0 aromatic carbocycles. The van der Waals surface area contributed by atoms with Crippen molar-refractivity contribution in [3.8, 4) is 0 Å². The van der Waals surface area contributed by atoms with E-state index in [9.17, 15) is 17.8 Å². The molecule has 0 saturated heterocycles. The summed E-state index contributed by atoms with van der Waals surface area (Å²) in [7, 11) is 2.31. The SMILES string of the molecule is C=CC(=O)NCCC[N+](C)(C)C.O=S(=O)([O-])CCCO. The second-order valence-electron chi connectivity index (χ2n) is 5.20. The number of aliphatic hydroxyl groups is 1. The van der Waals surface area contributed by atoms with Crippen LogP contribution in [0, 0.1) is 0 Å². The number of hydrogen-bond acceptors (Lipinski definition) is 5. The second-order valence-corrected chi connectivity index (χ2v) is 6.73. The minimum absolute atomic E-state index is 0.0336. The second kappa shape index (κ2) is 10.8. The minimum Gasteiger partial charge on any atom is -0.748 e. The fourth-order valence-electron chi connectivity index (χ4n) is 1.08. The first-order valence-electron chi connectivity index (χ1n) is 6.27. The lowest BCUT2D eigenvalue weighted by atomic mass is 10.3. The Kier molecular flexibility index (Phi) is 11.5. The summed E-state index contributed by atoms with van der Waals surface area (Å²) in [6.07, 6.45) is 2.33. The van der Waals surface area contributed by atoms with Crippen molar-refractivity contribution in [2.45, 2.75) is 12.8 Å². The summed E-state index contributed by atoms with van der Waals surface area (Å²) >= 11 is 0. The van der Waals surface area contributed by atoms with Gasteiger partial charge < -0.3 is 19.5 Å². The van der Waals surface area contributed by atoms with Crippen LogP contribution in [0.2, 0.25) is 0 Å². The molecular weight excluding hydrogens is 284 g/mol. The van der Waals surface area contributed by atoms with E-state index in [2.05, 4.69) is 33.0 Å². The summed E-state index contributed by atoms with van der Waals surface area (Å²) in [5.74, 6) is -0.555. The predicted molar refractivity (Wildman–Crippen MR) is 77.0 cm³/mol. The van der Waals surface area contributed by atoms with Gasteiger partial charge in [0.15, 0.2) is 0 Å². The van der Waals surface area contributed by atoms with Gasteiger partial charge in [-0.15, -0.1) is 0 Å². The largest absolute Gasteiger partial charge is 0.748 e. The number of carbonyl (C=O) groups is 1. The molecule has 0 radical (unpaired) electrons. The lowest BCUT2D eigenvalue weighted by Gasteiger charge is -2.23. The molecule has 0 fully saturated rings. The molecule has 0 unspecified atom stereocenters. The Morgan fingerprint density at radius 3 is 2.20 bits per heavy atom. The molecule has 0 saturated carbocycles. The van der Waals surface area contributed by atoms with Crippen LogP contribution in [0.25, 0.3) is 0 Å². The zero-order chi connectivity index (χ0) is 16.2. The van der Waals surface area contributed by atoms with Gasteiger partial charge in [-0.25, -0.2) is 8.42 Å². The fourth-order valence-corrected chi connectivity index (χ4v) is 1.56. The van der Waals surface area contributed by atoms with Crippen molar-refractivity contribution >= 4 is 16.0 Å². The molecule has 0 aliphatic heterocycles. The molecular formula is C12H26N2O5S. The highest BCUT2D eigenvalue weighted by molar-refractivity contribution is 7.85. The number of aliphatic hydroxyl groups excluding tert-OH is 1. The maximum atomic E-state index is 10.7. The minimum atomic E-state index is -4.10. The van der Waals surface area contributed by atoms with Gasteiger partial charge in [-0.05, 0) is 12.5 Å². The zero-order valence-electron chi connectivity index (χ0n) is 12.5. The van der Waals surface area contributed by atoms with Crippen LogP contribution in [0.15, 0.2) is 12.7 Å². The van der Waals surface area contributed by atoms with Crippen LogP contribution in [0.5, 0.6) is 0 Å². The van der Waals surface area contributed by atoms with Crippen LogP contribution in [-0.2, 0) is 14.9 Å². The molecule has 7 nitrogen and oxygen atoms in total. The van der Waals surface area contributed by atoms with Crippen molar-refractivity contribution in [3.05, 3.63) is 12.7 Å². The van der Waals surface area contributed by atoms with Crippen molar-refractivity contribution in [2.75, 3.05) is 46.6 Å². The van der Waals surface area contributed by atoms with E-state index in [-0.39, 0.29) is 18.9 Å². The van der Waals surface area contributed by atoms with E-state index in [0.717, 1.165) is 24.0 Å². The van der Waals surface area contributed by atoms with Crippen LogP contribution in [0.1, 0.15) is 12.8 Å². The van der Waals surface area contributed by atoms with Gasteiger partial charge in [0, 0.05) is 25.3 Å². The topological polar surface area (TPSA) is 107 Å². The third-order valence-electron chi connectivity index (χ3n) is 2.04. The molecule has 0 aliphatic carbocycles. The quantitative estimate of drug-likeness (QED) is 0.267. The van der Waals surface area contributed by atoms with Gasteiger partial charge in [-0.3, -0.25) is 4.79 Å². The lowest BCUT2D eigenvalue weighted by Crippen LogP contribution is -2.37. The number of nitrogens with one attached hydrogen (secondary N) is 1. The Balaban J connectivity index is 0. The first-order valence-corrected chi connectivity index (χ1v) is 7.84. The van der Waals surface area contributed by atoms with Crippen LogP contribution >= 0.6 is 0 Å². The van der Waals surface area contributed by atoms with E-state index in [1.807, 2.05) is 0 Å². The van der Waals surface area contributed by atoms with Crippen molar-refractivity contribution in [1.29, 1.82) is 0 Å². The Morgan fingerprint density at radius 1 is 1.35 bits per heavy atom. The van der Waals surface area contributed by atoms with Gasteiger partial charge in [-0.2, -0.15) is 0 Å². The molecule has 0 rings (SSSR count). The summed E-state index contributed by atoms with van der Waals surface area (Å²) in [5, 5.41) is 10.8. The van der Waals surface area contributed by atoms with E-state index < -0.39 is 15.9 Å². The molecule has 0 heterocycles. The van der Waals surface area contributed by atoms with Crippen LogP contribution in [-0.4, -0.2) is 75.1 Å². The van der Waals surface area contributed by atoms with Crippen molar-refractivity contribution in [3.63, 3.8) is 0 Å². The number of carbonyl (C=O) groups excluding carboxylic acids is 1. The van der Waals surface area contributed by atoms with Crippen molar-refractivity contribution in [1.82, 2.24) is 5.32 Å². The third-order valence-corrected chi connectivity index (χ3v) is 2.83. The molecule has 120 valence electrons. The number of quaternary nitrogens is 1. The first-order chi connectivity index (χ1) is 9.02. The lowest BCUT2D eigenvalue weighted by molar-refractivity contribution is -0.870. The summed E-state index contributed by atoms with van der Waals surface area (Å²) in [6.45, 7) is 4.93. The van der Waals surface area contributed by atoms with Crippen molar-refractivity contribution < 1.29 is 27.4 Å². The average Bonchev–Trinajstić information content (AvgIpc) is 2.30. The van der Waals surface area contributed by atoms with Gasteiger partial charge in [0.2, 0.25) is 5.91 Å². The van der Waals surface area contributed by atoms with Crippen LogP contribution < -0.4 is 5.32 Å². The highest BCUT2D eigenvalue weighted by atomic mass is 32.2. The van der Waals surface area contributed by atoms with E-state index >= 15 is 0 Å². The van der Waals surface area contributed by atoms with Gasteiger partial charge in [0.25, 0.3) is 0 Å². The van der Waals surface area contributed by atoms with E-state index in [1.165, 1.54) is 6.08 Å². The normalized spacial score (nSPS) is 11.2. The maximum absolute atomic E-state index is 10.7. The van der Waals surface area contributed by atoms with E-state index in [0.29, 0.717) is 0 Å². The Bertz CT molecular complexity index is 374. The van der Waals surface area contributed by atoms with Gasteiger partial charge >= 0.3 is 0 Å². The van der Waals surface area contributed by atoms with Gasteiger partial charge in [0.05, 0.1) is 37.8 Å². The average molecular weight is 310 g/mol. The van der Waals surface area contributed by atoms with Crippen LogP contribution in [0.3, 0.4) is 0 Å². The predicted octanol–water partition coefficient (Wildman–Crippen LogP) is -0.701. The third kappa shape index (κ3) is 22.2. The highest BCUT2D eigenvalue weighted by Gasteiger charge is 2.05. The molecule has 0 aromatic rings. The standard InChI is InChI=1S/C9H18N2O.C3H8O4S/c1-5-9(12)10-7-6-8-11(2,3)4;4-2-1-3-8(5,6)7/h5H,1,6-8H2,2-4H3;4H,1-3H2,(H,5,6,7). The Hall–Kier alpha value is -0.960. The zero-order valence-corrected chi connectivity index (χ0v) is 13.3. The molecule has 1 amide bonds. The molecule has 0 aliphatic rings. The summed E-state index contributed by atoms with van der Waals surface area (Å²) < 4.78 is 30.1. The molecule has 8 heteroatoms. The Labute approximate surface area is 121 Å². The van der Waals surface area contributed by atoms with E-state index in [1.54, 1.807) is 0 Å². The molecule has 0 spiro atoms. The Morgan fingerprint density at radius 2 is 1.90 bits per heavy atom. The number of rotatable bonds is 8. The monoisotopic (exact) mass is 310 g/mol. The first kappa shape index (κ1) is 21.3. The fraction of sp³-hybridized carbons (Fsp3) is 0.750. The number of nitrogens with zero attached hydrogens (tertiary/aromatic N) is 1. The smallest absolute Gasteiger partial charge is 0.243 e. The highest BCUT2D eigenvalue weighted by Crippen LogP contribution is 1.91. The summed E-state index contributed by atoms with van der Waals surface area (Å²) in [6, 6.07) is 0. The summed E-state index contributed by atoms with van der Waals surface area (Å²) in [5.41, 5.74) is 0.